The number of halogens is 3. The van der Waals surface area contributed by atoms with Gasteiger partial charge in [-0.2, -0.15) is 18.3 Å². The van der Waals surface area contributed by atoms with Crippen molar-refractivity contribution in [2.24, 2.45) is 7.05 Å². The number of pyridine rings is 1. The molecule has 3 heterocycles. The molecule has 0 bridgehead atoms. The lowest BCUT2D eigenvalue weighted by atomic mass is 10.0. The van der Waals surface area contributed by atoms with E-state index in [1.807, 2.05) is 30.3 Å². The summed E-state index contributed by atoms with van der Waals surface area (Å²) in [6, 6.07) is 17.1. The van der Waals surface area contributed by atoms with Crippen molar-refractivity contribution in [2.75, 3.05) is 12.4 Å². The van der Waals surface area contributed by atoms with Crippen LogP contribution in [0.3, 0.4) is 0 Å². The van der Waals surface area contributed by atoms with E-state index in [1.54, 1.807) is 29.8 Å². The highest BCUT2D eigenvalue weighted by Crippen LogP contribution is 2.37. The molecule has 2 amide bonds. The third-order valence-corrected chi connectivity index (χ3v) is 6.29. The first-order valence-corrected chi connectivity index (χ1v) is 12.0. The van der Waals surface area contributed by atoms with E-state index in [-0.39, 0.29) is 23.4 Å². The normalized spacial score (nSPS) is 11.5. The fourth-order valence-corrected chi connectivity index (χ4v) is 4.33. The van der Waals surface area contributed by atoms with Gasteiger partial charge in [-0.25, -0.2) is 9.78 Å². The third-order valence-electron chi connectivity index (χ3n) is 6.29. The maximum atomic E-state index is 13.8. The van der Waals surface area contributed by atoms with Gasteiger partial charge in [0.2, 0.25) is 0 Å². The van der Waals surface area contributed by atoms with Crippen LogP contribution >= 0.6 is 0 Å². The van der Waals surface area contributed by atoms with Crippen molar-refractivity contribution < 1.29 is 27.9 Å². The average molecular weight is 549 g/mol. The summed E-state index contributed by atoms with van der Waals surface area (Å²) >= 11 is 0. The Morgan fingerprint density at radius 2 is 1.77 bits per heavy atom. The molecule has 12 heteroatoms. The molecule has 40 heavy (non-hydrogen) atoms. The minimum absolute atomic E-state index is 0.00215. The minimum Gasteiger partial charge on any atom is -0.465 e. The Morgan fingerprint density at radius 3 is 2.42 bits per heavy atom. The zero-order valence-electron chi connectivity index (χ0n) is 21.3. The van der Waals surface area contributed by atoms with Crippen LogP contribution < -0.4 is 5.32 Å². The van der Waals surface area contributed by atoms with Gasteiger partial charge >= 0.3 is 12.3 Å². The molecule has 0 unspecified atom stereocenters. The predicted molar refractivity (Wildman–Crippen MR) is 142 cm³/mol. The van der Waals surface area contributed by atoms with E-state index in [0.717, 1.165) is 17.0 Å². The number of benzene rings is 2. The van der Waals surface area contributed by atoms with Crippen molar-refractivity contribution >= 4 is 23.5 Å². The van der Waals surface area contributed by atoms with Gasteiger partial charge in [0, 0.05) is 49.7 Å². The Kier molecular flexibility index (Phi) is 6.76. The molecule has 0 aliphatic carbocycles. The van der Waals surface area contributed by atoms with Crippen molar-refractivity contribution in [1.82, 2.24) is 24.1 Å². The summed E-state index contributed by atoms with van der Waals surface area (Å²) < 4.78 is 44.3. The number of nitrogens with zero attached hydrogens (tertiary/aromatic N) is 5. The van der Waals surface area contributed by atoms with Crippen LogP contribution in [-0.4, -0.2) is 48.2 Å². The van der Waals surface area contributed by atoms with Gasteiger partial charge in [0.1, 0.15) is 17.2 Å². The first-order chi connectivity index (χ1) is 19.0. The monoisotopic (exact) mass is 548 g/mol. The highest BCUT2D eigenvalue weighted by molar-refractivity contribution is 6.06. The first-order valence-electron chi connectivity index (χ1n) is 12.0. The van der Waals surface area contributed by atoms with E-state index in [9.17, 15) is 27.9 Å². The number of carboxylic acid groups (broad SMARTS) is 1. The second kappa shape index (κ2) is 10.2. The van der Waals surface area contributed by atoms with Crippen molar-refractivity contribution in [3.63, 3.8) is 0 Å². The fourth-order valence-electron chi connectivity index (χ4n) is 4.33. The van der Waals surface area contributed by atoms with Crippen molar-refractivity contribution in [1.29, 1.82) is 0 Å². The highest BCUT2D eigenvalue weighted by Gasteiger charge is 2.34. The van der Waals surface area contributed by atoms with Crippen LogP contribution in [0.25, 0.3) is 28.2 Å². The van der Waals surface area contributed by atoms with Crippen molar-refractivity contribution in [2.45, 2.75) is 12.7 Å². The van der Waals surface area contributed by atoms with Crippen LogP contribution in [0.1, 0.15) is 21.5 Å². The maximum Gasteiger partial charge on any atom is 0.417 e. The number of anilines is 1. The number of nitrogens with one attached hydrogen (secondary N) is 1. The smallest absolute Gasteiger partial charge is 0.417 e. The van der Waals surface area contributed by atoms with E-state index < -0.39 is 23.7 Å². The molecule has 204 valence electrons. The first kappa shape index (κ1) is 26.5. The van der Waals surface area contributed by atoms with E-state index in [0.29, 0.717) is 28.3 Å². The molecule has 2 N–H and O–H groups in total. The lowest BCUT2D eigenvalue weighted by molar-refractivity contribution is -0.137. The Balaban J connectivity index is 1.57. The highest BCUT2D eigenvalue weighted by atomic mass is 19.4. The number of aromatic nitrogens is 4. The number of imidazole rings is 1. The van der Waals surface area contributed by atoms with Gasteiger partial charge in [-0.1, -0.05) is 30.3 Å². The second-order valence-electron chi connectivity index (χ2n) is 9.16. The van der Waals surface area contributed by atoms with Gasteiger partial charge in [-0.05, 0) is 42.0 Å². The lowest BCUT2D eigenvalue weighted by Gasteiger charge is -2.14. The van der Waals surface area contributed by atoms with E-state index in [1.165, 1.54) is 30.1 Å². The Bertz CT molecular complexity index is 1730. The largest absolute Gasteiger partial charge is 0.465 e. The van der Waals surface area contributed by atoms with Crippen LogP contribution in [0.5, 0.6) is 0 Å². The summed E-state index contributed by atoms with van der Waals surface area (Å²) in [6.07, 6.45) is -2.55. The second-order valence-corrected chi connectivity index (χ2v) is 9.16. The number of carbonyl (C=O) groups excluding carboxylic acids is 1. The van der Waals surface area contributed by atoms with Crippen molar-refractivity contribution in [3.8, 4) is 22.5 Å². The van der Waals surface area contributed by atoms with E-state index in [4.69, 9.17) is 0 Å². The standard InChI is InChI=1S/C28H23F3N6O3/c1-35(27(39)40)16-17-10-13-37-23(14-17)32-24(18-6-4-3-5-7-18)25(37)33-26(38)19-8-9-21(28(29,30)31)20(15-19)22-11-12-36(2)34-22/h3-15H,16H2,1-2H3,(H,33,38)(H,39,40). The van der Waals surface area contributed by atoms with Crippen molar-refractivity contribution in [3.05, 3.63) is 95.8 Å². The number of amides is 2. The molecule has 9 nitrogen and oxygen atoms in total. The van der Waals surface area contributed by atoms with Crippen LogP contribution in [0.2, 0.25) is 0 Å². The van der Waals surface area contributed by atoms with Gasteiger partial charge in [-0.3, -0.25) is 13.9 Å². The fraction of sp³-hybridized carbons (Fsp3) is 0.143. The zero-order valence-corrected chi connectivity index (χ0v) is 21.3. The number of hydrogen-bond acceptors (Lipinski definition) is 4. The molecule has 5 rings (SSSR count). The van der Waals surface area contributed by atoms with Crippen LogP contribution in [0.15, 0.2) is 79.1 Å². The molecule has 0 aliphatic heterocycles. The molecule has 5 aromatic rings. The number of hydrogen-bond donors (Lipinski definition) is 2. The number of alkyl halides is 3. The quantitative estimate of drug-likeness (QED) is 0.280. The Labute approximate surface area is 226 Å². The van der Waals surface area contributed by atoms with E-state index in [2.05, 4.69) is 15.4 Å². The third kappa shape index (κ3) is 5.23. The molecular weight excluding hydrogens is 525 g/mol. The Hall–Kier alpha value is -5.13. The zero-order chi connectivity index (χ0) is 28.6. The minimum atomic E-state index is -4.64. The molecule has 0 aliphatic rings. The molecule has 0 saturated heterocycles. The molecule has 0 radical (unpaired) electrons. The van der Waals surface area contributed by atoms with Crippen LogP contribution in [-0.2, 0) is 19.8 Å². The molecule has 2 aromatic carbocycles. The van der Waals surface area contributed by atoms with Crippen LogP contribution in [0.4, 0.5) is 23.8 Å². The summed E-state index contributed by atoms with van der Waals surface area (Å²) in [5, 5.41) is 16.1. The summed E-state index contributed by atoms with van der Waals surface area (Å²) in [5.41, 5.74) is 1.25. The van der Waals surface area contributed by atoms with Gasteiger partial charge in [-0.15, -0.1) is 0 Å². The SMILES string of the molecule is CN(Cc1ccn2c(NC(=O)c3ccc(C(F)(F)F)c(-c4ccn(C)n4)c3)c(-c3ccccc3)nc2c1)C(=O)O. The lowest BCUT2D eigenvalue weighted by Crippen LogP contribution is -2.23. The van der Waals surface area contributed by atoms with Gasteiger partial charge < -0.3 is 15.3 Å². The van der Waals surface area contributed by atoms with E-state index >= 15 is 0 Å². The Morgan fingerprint density at radius 1 is 1.02 bits per heavy atom. The molecule has 0 spiro atoms. The van der Waals surface area contributed by atoms with Crippen LogP contribution in [0, 0.1) is 0 Å². The molecule has 0 atom stereocenters. The van der Waals surface area contributed by atoms with Gasteiger partial charge in [0.25, 0.3) is 5.91 Å². The topological polar surface area (TPSA) is 105 Å². The molecule has 3 aromatic heterocycles. The predicted octanol–water partition coefficient (Wildman–Crippen LogP) is 5.78. The number of aryl methyl sites for hydroxylation is 1. The number of rotatable bonds is 6. The summed E-state index contributed by atoms with van der Waals surface area (Å²) in [5.74, 6) is -0.330. The maximum absolute atomic E-state index is 13.8. The number of fused-ring (bicyclic) bond motifs is 1. The summed E-state index contributed by atoms with van der Waals surface area (Å²) in [7, 11) is 3.04. The molecule has 0 saturated carbocycles. The summed E-state index contributed by atoms with van der Waals surface area (Å²) in [6.45, 7) is 0.128. The summed E-state index contributed by atoms with van der Waals surface area (Å²) in [4.78, 5) is 30.5. The number of carbonyl (C=O) groups is 2. The van der Waals surface area contributed by atoms with Gasteiger partial charge in [0.15, 0.2) is 0 Å². The molecular formula is C28H23F3N6O3. The molecule has 0 fully saturated rings. The van der Waals surface area contributed by atoms with Gasteiger partial charge in [0.05, 0.1) is 11.3 Å². The average Bonchev–Trinajstić information content (AvgIpc) is 3.51.